The number of aliphatic hydroxyl groups is 1. The van der Waals surface area contributed by atoms with Gasteiger partial charge in [0.25, 0.3) is 0 Å². The zero-order valence-corrected chi connectivity index (χ0v) is 11.2. The van der Waals surface area contributed by atoms with E-state index in [1.54, 1.807) is 6.92 Å². The van der Waals surface area contributed by atoms with Gasteiger partial charge in [0.1, 0.15) is 0 Å². The summed E-state index contributed by atoms with van der Waals surface area (Å²) in [6, 6.07) is -1.90. The van der Waals surface area contributed by atoms with Crippen LogP contribution in [0.25, 0.3) is 0 Å². The fourth-order valence-corrected chi connectivity index (χ4v) is 1.73. The van der Waals surface area contributed by atoms with E-state index < -0.39 is 30.7 Å². The molecule has 3 amide bonds. The number of carboxylic acids is 1. The van der Waals surface area contributed by atoms with E-state index in [4.69, 9.17) is 14.9 Å². The lowest BCUT2D eigenvalue weighted by atomic mass is 10.3. The number of rotatable bonds is 4. The highest BCUT2D eigenvalue weighted by molar-refractivity contribution is 5.82. The minimum atomic E-state index is -1.33. The number of urea groups is 1. The zero-order valence-electron chi connectivity index (χ0n) is 11.2. The van der Waals surface area contributed by atoms with Crippen LogP contribution in [0.5, 0.6) is 0 Å². The van der Waals surface area contributed by atoms with Gasteiger partial charge in [-0.2, -0.15) is 0 Å². The van der Waals surface area contributed by atoms with Gasteiger partial charge in [-0.25, -0.2) is 14.4 Å². The summed E-state index contributed by atoms with van der Waals surface area (Å²) in [5, 5.41) is 19.8. The Morgan fingerprint density at radius 2 is 1.75 bits per heavy atom. The number of carboxylic acid groups (broad SMARTS) is 1. The van der Waals surface area contributed by atoms with Gasteiger partial charge in [-0.15, -0.1) is 0 Å². The maximum Gasteiger partial charge on any atom is 0.409 e. The largest absolute Gasteiger partial charge is 0.480 e. The van der Waals surface area contributed by atoms with Gasteiger partial charge in [-0.05, 0) is 6.92 Å². The summed E-state index contributed by atoms with van der Waals surface area (Å²) in [6.45, 7) is 2.53. The number of carbonyl (C=O) groups excluding carboxylic acids is 2. The fraction of sp³-hybridized carbons (Fsp3) is 0.727. The third kappa shape index (κ3) is 4.26. The molecule has 0 saturated carbocycles. The average molecular weight is 289 g/mol. The number of ether oxygens (including phenoxy) is 1. The molecule has 1 heterocycles. The SMILES string of the molecule is CCOC(=O)N1CCN(C(=O)N[C@@H](CO)C(=O)O)CC1. The quantitative estimate of drug-likeness (QED) is 0.605. The zero-order chi connectivity index (χ0) is 15.1. The summed E-state index contributed by atoms with van der Waals surface area (Å²) in [6.07, 6.45) is -0.425. The molecule has 1 rings (SSSR count). The Hall–Kier alpha value is -2.03. The van der Waals surface area contributed by atoms with E-state index in [-0.39, 0.29) is 19.7 Å². The first kappa shape index (κ1) is 16.0. The van der Waals surface area contributed by atoms with E-state index in [0.29, 0.717) is 13.1 Å². The van der Waals surface area contributed by atoms with Crippen molar-refractivity contribution in [1.29, 1.82) is 0 Å². The van der Waals surface area contributed by atoms with Gasteiger partial charge >= 0.3 is 18.1 Å². The van der Waals surface area contributed by atoms with Crippen LogP contribution in [0.3, 0.4) is 0 Å². The molecular formula is C11H19N3O6. The van der Waals surface area contributed by atoms with Crippen LogP contribution in [-0.4, -0.2) is 83.5 Å². The lowest BCUT2D eigenvalue weighted by molar-refractivity contribution is -0.140. The first-order chi connectivity index (χ1) is 9.49. The molecule has 1 aliphatic heterocycles. The van der Waals surface area contributed by atoms with Crippen molar-refractivity contribution in [1.82, 2.24) is 15.1 Å². The normalized spacial score (nSPS) is 16.5. The van der Waals surface area contributed by atoms with Crippen molar-refractivity contribution in [2.24, 2.45) is 0 Å². The predicted octanol–water partition coefficient (Wildman–Crippen LogP) is -1.08. The number of hydrogen-bond donors (Lipinski definition) is 3. The Labute approximate surface area is 116 Å². The molecular weight excluding hydrogens is 270 g/mol. The van der Waals surface area contributed by atoms with Gasteiger partial charge in [0, 0.05) is 26.2 Å². The molecule has 0 unspecified atom stereocenters. The fourth-order valence-electron chi connectivity index (χ4n) is 1.73. The molecule has 9 nitrogen and oxygen atoms in total. The number of piperazine rings is 1. The Morgan fingerprint density at radius 3 is 2.20 bits per heavy atom. The van der Waals surface area contributed by atoms with Crippen LogP contribution in [0.15, 0.2) is 0 Å². The van der Waals surface area contributed by atoms with E-state index in [0.717, 1.165) is 0 Å². The van der Waals surface area contributed by atoms with Crippen LogP contribution in [-0.2, 0) is 9.53 Å². The topological polar surface area (TPSA) is 119 Å². The summed E-state index contributed by atoms with van der Waals surface area (Å²) in [5.74, 6) is -1.30. The van der Waals surface area contributed by atoms with Crippen LogP contribution in [0.2, 0.25) is 0 Å². The van der Waals surface area contributed by atoms with Crippen molar-refractivity contribution >= 4 is 18.1 Å². The number of carbonyl (C=O) groups is 3. The van der Waals surface area contributed by atoms with E-state index in [1.807, 2.05) is 0 Å². The van der Waals surface area contributed by atoms with Gasteiger partial charge in [-0.3, -0.25) is 0 Å². The van der Waals surface area contributed by atoms with E-state index in [9.17, 15) is 14.4 Å². The molecule has 0 spiro atoms. The first-order valence-electron chi connectivity index (χ1n) is 6.30. The van der Waals surface area contributed by atoms with Crippen molar-refractivity contribution in [2.45, 2.75) is 13.0 Å². The minimum absolute atomic E-state index is 0.280. The van der Waals surface area contributed by atoms with Crippen molar-refractivity contribution in [2.75, 3.05) is 39.4 Å². The lowest BCUT2D eigenvalue weighted by Gasteiger charge is -2.34. The molecule has 9 heteroatoms. The minimum Gasteiger partial charge on any atom is -0.480 e. The number of aliphatic hydroxyl groups excluding tert-OH is 1. The molecule has 0 aromatic heterocycles. The Kier molecular flexibility index (Phi) is 6.04. The number of nitrogens with zero attached hydrogens (tertiary/aromatic N) is 2. The summed E-state index contributed by atoms with van der Waals surface area (Å²) in [4.78, 5) is 36.8. The van der Waals surface area contributed by atoms with Crippen LogP contribution in [0.1, 0.15) is 6.92 Å². The number of hydrogen-bond acceptors (Lipinski definition) is 5. The molecule has 114 valence electrons. The summed E-state index contributed by atoms with van der Waals surface area (Å²) in [5.41, 5.74) is 0. The lowest BCUT2D eigenvalue weighted by Crippen LogP contribution is -2.56. The maximum atomic E-state index is 11.8. The van der Waals surface area contributed by atoms with Crippen molar-refractivity contribution in [3.63, 3.8) is 0 Å². The maximum absolute atomic E-state index is 11.8. The predicted molar refractivity (Wildman–Crippen MR) is 67.2 cm³/mol. The standard InChI is InChI=1S/C11H19N3O6/c1-2-20-11(19)14-5-3-13(4-6-14)10(18)12-8(7-15)9(16)17/h8,15H,2-7H2,1H3,(H,12,18)(H,16,17)/t8-/m0/s1. The molecule has 1 saturated heterocycles. The second-order valence-electron chi connectivity index (χ2n) is 4.20. The highest BCUT2D eigenvalue weighted by atomic mass is 16.6. The second-order valence-corrected chi connectivity index (χ2v) is 4.20. The van der Waals surface area contributed by atoms with Crippen molar-refractivity contribution in [3.8, 4) is 0 Å². The van der Waals surface area contributed by atoms with Crippen LogP contribution < -0.4 is 5.32 Å². The van der Waals surface area contributed by atoms with Crippen LogP contribution in [0.4, 0.5) is 9.59 Å². The second kappa shape index (κ2) is 7.53. The van der Waals surface area contributed by atoms with E-state index in [1.165, 1.54) is 9.80 Å². The monoisotopic (exact) mass is 289 g/mol. The molecule has 0 radical (unpaired) electrons. The molecule has 1 fully saturated rings. The van der Waals surface area contributed by atoms with Crippen LogP contribution in [0, 0.1) is 0 Å². The van der Waals surface area contributed by atoms with Gasteiger partial charge in [-0.1, -0.05) is 0 Å². The Bertz CT molecular complexity index is 367. The molecule has 0 bridgehead atoms. The Balaban J connectivity index is 2.43. The third-order valence-corrected chi connectivity index (χ3v) is 2.87. The molecule has 20 heavy (non-hydrogen) atoms. The van der Waals surface area contributed by atoms with E-state index >= 15 is 0 Å². The van der Waals surface area contributed by atoms with Gasteiger partial charge in [0.05, 0.1) is 13.2 Å². The van der Waals surface area contributed by atoms with Gasteiger partial charge in [0.15, 0.2) is 6.04 Å². The average Bonchev–Trinajstić information content (AvgIpc) is 2.44. The molecule has 0 aromatic rings. The molecule has 3 N–H and O–H groups in total. The molecule has 0 aliphatic carbocycles. The Morgan fingerprint density at radius 1 is 1.20 bits per heavy atom. The van der Waals surface area contributed by atoms with Gasteiger partial charge < -0.3 is 30.1 Å². The van der Waals surface area contributed by atoms with E-state index in [2.05, 4.69) is 5.32 Å². The van der Waals surface area contributed by atoms with Crippen LogP contribution >= 0.6 is 0 Å². The molecule has 0 aromatic carbocycles. The van der Waals surface area contributed by atoms with Crippen molar-refractivity contribution < 1.29 is 29.3 Å². The smallest absolute Gasteiger partial charge is 0.409 e. The third-order valence-electron chi connectivity index (χ3n) is 2.87. The number of aliphatic carboxylic acids is 1. The summed E-state index contributed by atoms with van der Waals surface area (Å²) >= 11 is 0. The number of nitrogens with one attached hydrogen (secondary N) is 1. The highest BCUT2D eigenvalue weighted by Gasteiger charge is 2.27. The summed E-state index contributed by atoms with van der Waals surface area (Å²) < 4.78 is 4.85. The highest BCUT2D eigenvalue weighted by Crippen LogP contribution is 2.04. The number of amides is 3. The summed E-state index contributed by atoms with van der Waals surface area (Å²) in [7, 11) is 0. The van der Waals surface area contributed by atoms with Gasteiger partial charge in [0.2, 0.25) is 0 Å². The molecule has 1 atom stereocenters. The van der Waals surface area contributed by atoms with Crippen molar-refractivity contribution in [3.05, 3.63) is 0 Å². The first-order valence-corrected chi connectivity index (χ1v) is 6.30. The molecule has 1 aliphatic rings.